The van der Waals surface area contributed by atoms with Crippen molar-refractivity contribution in [3.63, 3.8) is 0 Å². The fraction of sp³-hybridized carbons (Fsp3) is 0.800. The standard InChI is InChI=1S/C5H11FN2O2/c6-1-2-8-3-4-10-5(7)9/h8H,1-4H2,(H2,7,9). The van der Waals surface area contributed by atoms with E-state index in [4.69, 9.17) is 0 Å². The van der Waals surface area contributed by atoms with Gasteiger partial charge in [0.2, 0.25) is 0 Å². The van der Waals surface area contributed by atoms with Gasteiger partial charge in [0.05, 0.1) is 0 Å². The Labute approximate surface area is 58.5 Å². The van der Waals surface area contributed by atoms with E-state index in [-0.39, 0.29) is 13.2 Å². The number of nitrogens with one attached hydrogen (secondary N) is 1. The van der Waals surface area contributed by atoms with Crippen molar-refractivity contribution in [1.29, 1.82) is 0 Å². The number of halogens is 1. The summed E-state index contributed by atoms with van der Waals surface area (Å²) in [6.07, 6.45) is -0.804. The Morgan fingerprint density at radius 3 is 2.80 bits per heavy atom. The highest BCUT2D eigenvalue weighted by atomic mass is 19.1. The smallest absolute Gasteiger partial charge is 0.404 e. The van der Waals surface area contributed by atoms with Crippen molar-refractivity contribution in [3.05, 3.63) is 0 Å². The zero-order valence-corrected chi connectivity index (χ0v) is 5.60. The lowest BCUT2D eigenvalue weighted by Crippen LogP contribution is -2.24. The van der Waals surface area contributed by atoms with Gasteiger partial charge in [0.25, 0.3) is 0 Å². The van der Waals surface area contributed by atoms with Crippen molar-refractivity contribution in [1.82, 2.24) is 5.32 Å². The molecule has 0 fully saturated rings. The van der Waals surface area contributed by atoms with Crippen molar-refractivity contribution in [2.24, 2.45) is 5.73 Å². The maximum atomic E-state index is 11.4. The fourth-order valence-electron chi connectivity index (χ4n) is 0.416. The molecule has 0 aliphatic heterocycles. The number of carbonyl (C=O) groups is 1. The molecule has 1 amide bonds. The van der Waals surface area contributed by atoms with E-state index in [1.54, 1.807) is 0 Å². The molecule has 0 saturated carbocycles. The highest BCUT2D eigenvalue weighted by Crippen LogP contribution is 1.71. The summed E-state index contributed by atoms with van der Waals surface area (Å²) in [5.41, 5.74) is 4.64. The number of rotatable bonds is 5. The molecule has 0 spiro atoms. The Morgan fingerprint density at radius 1 is 1.60 bits per heavy atom. The minimum absolute atomic E-state index is 0.190. The van der Waals surface area contributed by atoms with E-state index in [1.165, 1.54) is 0 Å². The third-order valence-electron chi connectivity index (χ3n) is 0.794. The van der Waals surface area contributed by atoms with E-state index in [0.717, 1.165) is 0 Å². The lowest BCUT2D eigenvalue weighted by molar-refractivity contribution is 0.157. The van der Waals surface area contributed by atoms with Gasteiger partial charge in [0.1, 0.15) is 13.3 Å². The lowest BCUT2D eigenvalue weighted by Gasteiger charge is -2.00. The van der Waals surface area contributed by atoms with E-state index in [0.29, 0.717) is 6.54 Å². The van der Waals surface area contributed by atoms with E-state index in [9.17, 15) is 9.18 Å². The summed E-state index contributed by atoms with van der Waals surface area (Å²) in [6, 6.07) is 0. The molecule has 60 valence electrons. The second-order valence-electron chi connectivity index (χ2n) is 1.61. The number of hydrogen-bond donors (Lipinski definition) is 2. The highest BCUT2D eigenvalue weighted by molar-refractivity contribution is 5.64. The van der Waals surface area contributed by atoms with Crippen LogP contribution in [0.4, 0.5) is 9.18 Å². The summed E-state index contributed by atoms with van der Waals surface area (Å²) in [4.78, 5) is 9.93. The van der Waals surface area contributed by atoms with Crippen molar-refractivity contribution in [2.45, 2.75) is 0 Å². The maximum absolute atomic E-state index is 11.4. The molecule has 0 aliphatic carbocycles. The molecular formula is C5H11FN2O2. The Hall–Kier alpha value is -0.840. The summed E-state index contributed by atoms with van der Waals surface area (Å²) in [5, 5.41) is 2.68. The number of ether oxygens (including phenoxy) is 1. The van der Waals surface area contributed by atoms with E-state index >= 15 is 0 Å². The van der Waals surface area contributed by atoms with E-state index in [2.05, 4.69) is 15.8 Å². The van der Waals surface area contributed by atoms with Crippen LogP contribution in [-0.2, 0) is 4.74 Å². The molecule has 0 saturated heterocycles. The summed E-state index contributed by atoms with van der Waals surface area (Å²) in [7, 11) is 0. The zero-order chi connectivity index (χ0) is 7.82. The van der Waals surface area contributed by atoms with Crippen molar-refractivity contribution in [3.8, 4) is 0 Å². The molecule has 0 aromatic rings. The predicted molar refractivity (Wildman–Crippen MR) is 34.4 cm³/mol. The number of nitrogens with two attached hydrogens (primary N) is 1. The third kappa shape index (κ3) is 7.16. The van der Waals surface area contributed by atoms with Crippen LogP contribution in [0.1, 0.15) is 0 Å². The summed E-state index contributed by atoms with van der Waals surface area (Å²) in [6.45, 7) is 0.487. The van der Waals surface area contributed by atoms with E-state index in [1.807, 2.05) is 0 Å². The van der Waals surface area contributed by atoms with Gasteiger partial charge in [-0.15, -0.1) is 0 Å². The number of carbonyl (C=O) groups excluding carboxylic acids is 1. The average Bonchev–Trinajstić information content (AvgIpc) is 1.87. The fourth-order valence-corrected chi connectivity index (χ4v) is 0.416. The molecule has 0 radical (unpaired) electrons. The van der Waals surface area contributed by atoms with Gasteiger partial charge < -0.3 is 15.8 Å². The first-order chi connectivity index (χ1) is 4.77. The predicted octanol–water partition coefficient (Wildman–Crippen LogP) is -0.359. The van der Waals surface area contributed by atoms with Crippen LogP contribution in [0.5, 0.6) is 0 Å². The summed E-state index contributed by atoms with van der Waals surface area (Å²) < 4.78 is 15.7. The first-order valence-electron chi connectivity index (χ1n) is 2.96. The Bertz CT molecular complexity index is 99.6. The number of hydrogen-bond acceptors (Lipinski definition) is 3. The summed E-state index contributed by atoms with van der Waals surface area (Å²) >= 11 is 0. The monoisotopic (exact) mass is 150 g/mol. The van der Waals surface area contributed by atoms with Gasteiger partial charge in [-0.2, -0.15) is 0 Å². The quantitative estimate of drug-likeness (QED) is 0.526. The summed E-state index contributed by atoms with van der Waals surface area (Å²) in [5.74, 6) is 0. The lowest BCUT2D eigenvalue weighted by atomic mass is 10.6. The van der Waals surface area contributed by atoms with Crippen molar-refractivity contribution < 1.29 is 13.9 Å². The second-order valence-corrected chi connectivity index (χ2v) is 1.61. The Kier molecular flexibility index (Phi) is 5.75. The number of primary amides is 1. The van der Waals surface area contributed by atoms with Gasteiger partial charge in [-0.25, -0.2) is 9.18 Å². The molecule has 0 rings (SSSR count). The molecule has 0 heterocycles. The minimum Gasteiger partial charge on any atom is -0.448 e. The SMILES string of the molecule is NC(=O)OCCNCCF. The van der Waals surface area contributed by atoms with Gasteiger partial charge in [0.15, 0.2) is 0 Å². The zero-order valence-electron chi connectivity index (χ0n) is 5.60. The molecule has 0 aliphatic rings. The molecule has 10 heavy (non-hydrogen) atoms. The first kappa shape index (κ1) is 9.16. The Morgan fingerprint density at radius 2 is 2.30 bits per heavy atom. The molecule has 3 N–H and O–H groups in total. The topological polar surface area (TPSA) is 64.4 Å². The second kappa shape index (κ2) is 6.28. The van der Waals surface area contributed by atoms with Crippen LogP contribution in [-0.4, -0.2) is 32.5 Å². The largest absolute Gasteiger partial charge is 0.448 e. The number of alkyl halides is 1. The van der Waals surface area contributed by atoms with Crippen molar-refractivity contribution >= 4 is 6.09 Å². The minimum atomic E-state index is -0.804. The van der Waals surface area contributed by atoms with Gasteiger partial charge in [-0.1, -0.05) is 0 Å². The molecule has 0 bridgehead atoms. The molecule has 0 aromatic heterocycles. The van der Waals surface area contributed by atoms with E-state index < -0.39 is 12.8 Å². The first-order valence-corrected chi connectivity index (χ1v) is 2.96. The number of amides is 1. The molecule has 0 unspecified atom stereocenters. The van der Waals surface area contributed by atoms with Crippen LogP contribution in [0.25, 0.3) is 0 Å². The maximum Gasteiger partial charge on any atom is 0.404 e. The molecular weight excluding hydrogens is 139 g/mol. The van der Waals surface area contributed by atoms with Crippen LogP contribution < -0.4 is 11.1 Å². The molecule has 4 nitrogen and oxygen atoms in total. The van der Waals surface area contributed by atoms with Gasteiger partial charge in [-0.05, 0) is 0 Å². The van der Waals surface area contributed by atoms with Gasteiger partial charge in [-0.3, -0.25) is 0 Å². The van der Waals surface area contributed by atoms with Crippen LogP contribution >= 0.6 is 0 Å². The van der Waals surface area contributed by atoms with Crippen LogP contribution in [0, 0.1) is 0 Å². The van der Waals surface area contributed by atoms with Crippen LogP contribution in [0.3, 0.4) is 0 Å². The molecule has 0 aromatic carbocycles. The van der Waals surface area contributed by atoms with Crippen LogP contribution in [0.2, 0.25) is 0 Å². The third-order valence-corrected chi connectivity index (χ3v) is 0.794. The molecule has 0 atom stereocenters. The van der Waals surface area contributed by atoms with Crippen molar-refractivity contribution in [2.75, 3.05) is 26.4 Å². The van der Waals surface area contributed by atoms with Gasteiger partial charge in [0, 0.05) is 13.1 Å². The normalized spacial score (nSPS) is 9.30. The molecule has 5 heteroatoms. The average molecular weight is 150 g/mol. The Balaban J connectivity index is 2.84. The van der Waals surface area contributed by atoms with Gasteiger partial charge >= 0.3 is 6.09 Å². The highest BCUT2D eigenvalue weighted by Gasteiger charge is 1.91. The van der Waals surface area contributed by atoms with Crippen LogP contribution in [0.15, 0.2) is 0 Å².